The van der Waals surface area contributed by atoms with E-state index in [0.717, 1.165) is 16.0 Å². The summed E-state index contributed by atoms with van der Waals surface area (Å²) in [6, 6.07) is 11.3. The van der Waals surface area contributed by atoms with Crippen molar-refractivity contribution in [2.24, 2.45) is 0 Å². The Morgan fingerprint density at radius 3 is 2.46 bits per heavy atom. The van der Waals surface area contributed by atoms with E-state index in [9.17, 15) is 13.2 Å². The fraction of sp³-hybridized carbons (Fsp3) is 0.176. The van der Waals surface area contributed by atoms with Crippen molar-refractivity contribution in [2.45, 2.75) is 23.4 Å². The van der Waals surface area contributed by atoms with E-state index in [4.69, 9.17) is 19.5 Å². The number of nitrogens with zero attached hydrogens (tertiary/aromatic N) is 3. The van der Waals surface area contributed by atoms with Crippen LogP contribution in [0.25, 0.3) is 11.4 Å². The van der Waals surface area contributed by atoms with Crippen molar-refractivity contribution in [1.29, 1.82) is 0 Å². The highest BCUT2D eigenvalue weighted by Gasteiger charge is 2.38. The number of alkyl halides is 3. The standard InChI is InChI=1S/C15H13N3O2S.C2HF3O2/c19-9-11-2-1-3-12(8-11)15-17-14(20-18-15)10-21-13-4-6-16-7-5-13;3-2(4,5)1(6)7/h1-8,19H,9-10H2;(H,6,7). The van der Waals surface area contributed by atoms with Crippen LogP contribution >= 0.6 is 11.8 Å². The first-order valence-electron chi connectivity index (χ1n) is 7.65. The smallest absolute Gasteiger partial charge is 0.475 e. The van der Waals surface area contributed by atoms with Crippen molar-refractivity contribution < 1.29 is 32.7 Å². The molecular weight excluding hydrogens is 399 g/mol. The van der Waals surface area contributed by atoms with Crippen LogP contribution in [0.5, 0.6) is 0 Å². The van der Waals surface area contributed by atoms with Crippen LogP contribution in [-0.2, 0) is 17.2 Å². The first-order chi connectivity index (χ1) is 13.3. The lowest BCUT2D eigenvalue weighted by Crippen LogP contribution is -2.21. The highest BCUT2D eigenvalue weighted by molar-refractivity contribution is 7.98. The predicted octanol–water partition coefficient (Wildman–Crippen LogP) is 3.55. The normalized spacial score (nSPS) is 10.9. The van der Waals surface area contributed by atoms with Gasteiger partial charge in [0.2, 0.25) is 11.7 Å². The van der Waals surface area contributed by atoms with Crippen molar-refractivity contribution >= 4 is 17.7 Å². The highest BCUT2D eigenvalue weighted by Crippen LogP contribution is 2.23. The van der Waals surface area contributed by atoms with Gasteiger partial charge < -0.3 is 14.7 Å². The Balaban J connectivity index is 0.000000345. The van der Waals surface area contributed by atoms with Crippen LogP contribution in [0.1, 0.15) is 11.5 Å². The molecule has 0 fully saturated rings. The largest absolute Gasteiger partial charge is 0.490 e. The number of carboxylic acids is 1. The van der Waals surface area contributed by atoms with E-state index >= 15 is 0 Å². The minimum Gasteiger partial charge on any atom is -0.475 e. The van der Waals surface area contributed by atoms with Crippen molar-refractivity contribution in [3.63, 3.8) is 0 Å². The van der Waals surface area contributed by atoms with Crippen molar-refractivity contribution in [1.82, 2.24) is 15.1 Å². The summed E-state index contributed by atoms with van der Waals surface area (Å²) in [5.74, 6) is -1.04. The molecule has 7 nitrogen and oxygen atoms in total. The van der Waals surface area contributed by atoms with E-state index in [2.05, 4.69) is 15.1 Å². The van der Waals surface area contributed by atoms with Crippen LogP contribution in [0.3, 0.4) is 0 Å². The molecule has 28 heavy (non-hydrogen) atoms. The summed E-state index contributed by atoms with van der Waals surface area (Å²) in [6.07, 6.45) is -1.58. The van der Waals surface area contributed by atoms with Gasteiger partial charge in [-0.3, -0.25) is 4.98 Å². The summed E-state index contributed by atoms with van der Waals surface area (Å²) < 4.78 is 37.0. The predicted molar refractivity (Wildman–Crippen MR) is 93.1 cm³/mol. The number of pyridine rings is 1. The third kappa shape index (κ3) is 6.67. The van der Waals surface area contributed by atoms with Gasteiger partial charge in [0, 0.05) is 22.9 Å². The Hall–Kier alpha value is -2.92. The number of halogens is 3. The summed E-state index contributed by atoms with van der Waals surface area (Å²) in [5.41, 5.74) is 1.66. The van der Waals surface area contributed by atoms with Crippen LogP contribution in [0.2, 0.25) is 0 Å². The summed E-state index contributed by atoms with van der Waals surface area (Å²) >= 11 is 1.61. The lowest BCUT2D eigenvalue weighted by atomic mass is 10.1. The van der Waals surface area contributed by atoms with E-state index in [-0.39, 0.29) is 6.61 Å². The molecule has 1 aromatic carbocycles. The quantitative estimate of drug-likeness (QED) is 0.611. The highest BCUT2D eigenvalue weighted by atomic mass is 32.2. The molecule has 3 aromatic rings. The van der Waals surface area contributed by atoms with Crippen molar-refractivity contribution in [2.75, 3.05) is 0 Å². The summed E-state index contributed by atoms with van der Waals surface area (Å²) in [4.78, 5) is 18.3. The molecule has 0 aliphatic rings. The van der Waals surface area contributed by atoms with Gasteiger partial charge in [-0.1, -0.05) is 23.4 Å². The van der Waals surface area contributed by atoms with Gasteiger partial charge in [0.25, 0.3) is 0 Å². The van der Waals surface area contributed by atoms with Crippen LogP contribution in [0, 0.1) is 0 Å². The molecule has 0 saturated carbocycles. The number of aliphatic hydroxyl groups is 1. The molecule has 0 aliphatic heterocycles. The van der Waals surface area contributed by atoms with E-state index in [1.54, 1.807) is 24.2 Å². The molecule has 0 amide bonds. The Labute approximate surface area is 161 Å². The molecule has 11 heteroatoms. The number of rotatable bonds is 5. The average molecular weight is 413 g/mol. The van der Waals surface area contributed by atoms with Crippen LogP contribution in [-0.4, -0.2) is 37.5 Å². The van der Waals surface area contributed by atoms with Gasteiger partial charge in [-0.05, 0) is 23.8 Å². The van der Waals surface area contributed by atoms with E-state index < -0.39 is 12.1 Å². The monoisotopic (exact) mass is 413 g/mol. The van der Waals surface area contributed by atoms with Crippen LogP contribution < -0.4 is 0 Å². The molecule has 0 bridgehead atoms. The second-order valence-electron chi connectivity index (χ2n) is 5.14. The van der Waals surface area contributed by atoms with Gasteiger partial charge in [0.05, 0.1) is 12.4 Å². The number of carboxylic acid groups (broad SMARTS) is 1. The zero-order chi connectivity index (χ0) is 20.6. The average Bonchev–Trinajstić information content (AvgIpc) is 3.16. The molecular formula is C17H14F3N3O4S. The SMILES string of the molecule is O=C(O)C(F)(F)F.OCc1cccc(-c2noc(CSc3ccncc3)n2)c1. The molecule has 0 aliphatic carbocycles. The molecule has 2 N–H and O–H groups in total. The zero-order valence-electron chi connectivity index (χ0n) is 14.1. The topological polar surface area (TPSA) is 109 Å². The third-order valence-corrected chi connectivity index (χ3v) is 4.09. The number of carbonyl (C=O) groups is 1. The lowest BCUT2D eigenvalue weighted by Gasteiger charge is -1.98. The van der Waals surface area contributed by atoms with E-state index in [1.807, 2.05) is 36.4 Å². The van der Waals surface area contributed by atoms with Gasteiger partial charge in [0.15, 0.2) is 0 Å². The molecule has 3 rings (SSSR count). The fourth-order valence-corrected chi connectivity index (χ4v) is 2.54. The Bertz CT molecular complexity index is 904. The van der Waals surface area contributed by atoms with Gasteiger partial charge in [0.1, 0.15) is 0 Å². The Morgan fingerprint density at radius 1 is 1.18 bits per heavy atom. The number of benzene rings is 1. The molecule has 0 spiro atoms. The number of hydrogen-bond acceptors (Lipinski definition) is 7. The van der Waals surface area contributed by atoms with E-state index in [0.29, 0.717) is 17.5 Å². The molecule has 0 atom stereocenters. The second-order valence-corrected chi connectivity index (χ2v) is 6.19. The maximum absolute atomic E-state index is 10.6. The van der Waals surface area contributed by atoms with E-state index in [1.165, 1.54) is 0 Å². The molecule has 2 heterocycles. The number of aromatic nitrogens is 3. The maximum Gasteiger partial charge on any atom is 0.490 e. The first-order valence-corrected chi connectivity index (χ1v) is 8.64. The Kier molecular flexibility index (Phi) is 7.52. The minimum absolute atomic E-state index is 0.00353. The third-order valence-electron chi connectivity index (χ3n) is 3.09. The summed E-state index contributed by atoms with van der Waals surface area (Å²) in [6.45, 7) is -0.00353. The minimum atomic E-state index is -5.08. The van der Waals surface area contributed by atoms with Crippen molar-refractivity contribution in [3.05, 3.63) is 60.2 Å². The van der Waals surface area contributed by atoms with Crippen molar-refractivity contribution in [3.8, 4) is 11.4 Å². The van der Waals surface area contributed by atoms with Gasteiger partial charge in [-0.15, -0.1) is 11.8 Å². The number of thioether (sulfide) groups is 1. The van der Waals surface area contributed by atoms with Crippen LogP contribution in [0.4, 0.5) is 13.2 Å². The molecule has 148 valence electrons. The summed E-state index contributed by atoms with van der Waals surface area (Å²) in [5, 5.41) is 20.3. The zero-order valence-corrected chi connectivity index (χ0v) is 14.9. The molecule has 0 saturated heterocycles. The van der Waals surface area contributed by atoms with Gasteiger partial charge >= 0.3 is 12.1 Å². The maximum atomic E-state index is 10.6. The molecule has 2 aromatic heterocycles. The van der Waals surface area contributed by atoms with Crippen LogP contribution in [0.15, 0.2) is 58.2 Å². The van der Waals surface area contributed by atoms with Gasteiger partial charge in [-0.2, -0.15) is 18.2 Å². The fourth-order valence-electron chi connectivity index (χ4n) is 1.82. The second kappa shape index (κ2) is 9.85. The number of hydrogen-bond donors (Lipinski definition) is 2. The molecule has 0 unspecified atom stereocenters. The number of aliphatic hydroxyl groups excluding tert-OH is 1. The first kappa shape index (κ1) is 21.4. The summed E-state index contributed by atoms with van der Waals surface area (Å²) in [7, 11) is 0. The molecule has 0 radical (unpaired) electrons. The number of aliphatic carboxylic acids is 1. The Morgan fingerprint density at radius 2 is 1.86 bits per heavy atom. The van der Waals surface area contributed by atoms with Gasteiger partial charge in [-0.25, -0.2) is 4.79 Å². The lowest BCUT2D eigenvalue weighted by molar-refractivity contribution is -0.192.